The third-order valence-corrected chi connectivity index (χ3v) is 5.13. The highest BCUT2D eigenvalue weighted by Gasteiger charge is 2.24. The zero-order valence-electron chi connectivity index (χ0n) is 17.5. The van der Waals surface area contributed by atoms with Crippen molar-refractivity contribution in [3.63, 3.8) is 0 Å². The summed E-state index contributed by atoms with van der Waals surface area (Å²) < 4.78 is 5.43. The first-order valence-corrected chi connectivity index (χ1v) is 9.94. The van der Waals surface area contributed by atoms with Gasteiger partial charge in [0.1, 0.15) is 5.75 Å². The van der Waals surface area contributed by atoms with E-state index in [1.807, 2.05) is 31.2 Å². The van der Waals surface area contributed by atoms with Crippen molar-refractivity contribution in [2.75, 3.05) is 33.8 Å². The van der Waals surface area contributed by atoms with Gasteiger partial charge in [-0.15, -0.1) is 24.0 Å². The van der Waals surface area contributed by atoms with Crippen molar-refractivity contribution in [2.45, 2.75) is 32.4 Å². The van der Waals surface area contributed by atoms with Crippen LogP contribution in [0.5, 0.6) is 5.75 Å². The second kappa shape index (κ2) is 12.0. The van der Waals surface area contributed by atoms with Crippen LogP contribution in [0.2, 0.25) is 0 Å². The fraction of sp³-hybridized carbons (Fsp3) is 0.455. The SMILES string of the molecule is CN=C(NCc1cccc(C)n1)NCC(c1cccc(OC)c1)N1CCCC1.I. The number of benzene rings is 1. The molecular weight excluding hydrogens is 477 g/mol. The maximum Gasteiger partial charge on any atom is 0.191 e. The molecule has 1 unspecified atom stereocenters. The fourth-order valence-electron chi connectivity index (χ4n) is 3.65. The third-order valence-electron chi connectivity index (χ3n) is 5.13. The van der Waals surface area contributed by atoms with E-state index in [0.717, 1.165) is 42.7 Å². The van der Waals surface area contributed by atoms with Crippen LogP contribution in [0.3, 0.4) is 0 Å². The molecule has 0 radical (unpaired) electrons. The van der Waals surface area contributed by atoms with E-state index in [-0.39, 0.29) is 30.0 Å². The smallest absolute Gasteiger partial charge is 0.191 e. The molecule has 1 fully saturated rings. The van der Waals surface area contributed by atoms with Crippen LogP contribution in [0.25, 0.3) is 0 Å². The molecule has 158 valence electrons. The summed E-state index contributed by atoms with van der Waals surface area (Å²) in [5.41, 5.74) is 3.30. The van der Waals surface area contributed by atoms with Crippen LogP contribution >= 0.6 is 24.0 Å². The third kappa shape index (κ3) is 6.85. The quantitative estimate of drug-likeness (QED) is 0.340. The van der Waals surface area contributed by atoms with Gasteiger partial charge in [0.25, 0.3) is 0 Å². The van der Waals surface area contributed by atoms with Gasteiger partial charge in [0, 0.05) is 19.3 Å². The maximum atomic E-state index is 5.43. The topological polar surface area (TPSA) is 61.8 Å². The lowest BCUT2D eigenvalue weighted by Crippen LogP contribution is -2.42. The first kappa shape index (κ1) is 23.4. The summed E-state index contributed by atoms with van der Waals surface area (Å²) in [6, 6.07) is 14.7. The van der Waals surface area contributed by atoms with Crippen molar-refractivity contribution in [3.8, 4) is 5.75 Å². The second-order valence-corrected chi connectivity index (χ2v) is 7.11. The van der Waals surface area contributed by atoms with Crippen molar-refractivity contribution >= 4 is 29.9 Å². The van der Waals surface area contributed by atoms with E-state index in [1.165, 1.54) is 18.4 Å². The maximum absolute atomic E-state index is 5.43. The number of nitrogens with zero attached hydrogens (tertiary/aromatic N) is 3. The van der Waals surface area contributed by atoms with Crippen molar-refractivity contribution < 1.29 is 4.74 Å². The van der Waals surface area contributed by atoms with Crippen LogP contribution in [0.1, 0.15) is 35.8 Å². The van der Waals surface area contributed by atoms with E-state index in [2.05, 4.69) is 43.7 Å². The van der Waals surface area contributed by atoms with Gasteiger partial charge in [-0.05, 0) is 62.7 Å². The number of aromatic nitrogens is 1. The average Bonchev–Trinajstić information content (AvgIpc) is 3.25. The number of hydrogen-bond acceptors (Lipinski definition) is 4. The predicted molar refractivity (Wildman–Crippen MR) is 129 cm³/mol. The summed E-state index contributed by atoms with van der Waals surface area (Å²) >= 11 is 0. The Morgan fingerprint density at radius 1 is 1.17 bits per heavy atom. The lowest BCUT2D eigenvalue weighted by Gasteiger charge is -2.29. The molecule has 6 nitrogen and oxygen atoms in total. The highest BCUT2D eigenvalue weighted by molar-refractivity contribution is 14.0. The molecule has 29 heavy (non-hydrogen) atoms. The van der Waals surface area contributed by atoms with Crippen LogP contribution < -0.4 is 15.4 Å². The molecule has 0 amide bonds. The number of pyridine rings is 1. The number of aryl methyl sites for hydroxylation is 1. The Morgan fingerprint density at radius 3 is 2.62 bits per heavy atom. The van der Waals surface area contributed by atoms with Gasteiger partial charge in [-0.2, -0.15) is 0 Å². The molecule has 2 heterocycles. The number of rotatable bonds is 7. The number of ether oxygens (including phenoxy) is 1. The van der Waals surface area contributed by atoms with Crippen molar-refractivity contribution in [1.29, 1.82) is 0 Å². The van der Waals surface area contributed by atoms with Gasteiger partial charge in [-0.1, -0.05) is 18.2 Å². The van der Waals surface area contributed by atoms with Gasteiger partial charge < -0.3 is 15.4 Å². The van der Waals surface area contributed by atoms with Gasteiger partial charge in [0.2, 0.25) is 0 Å². The zero-order valence-corrected chi connectivity index (χ0v) is 19.8. The van der Waals surface area contributed by atoms with Crippen molar-refractivity contribution in [3.05, 3.63) is 59.4 Å². The number of hydrogen-bond donors (Lipinski definition) is 2. The van der Waals surface area contributed by atoms with Gasteiger partial charge in [-0.3, -0.25) is 14.9 Å². The highest BCUT2D eigenvalue weighted by Crippen LogP contribution is 2.27. The molecule has 0 spiro atoms. The van der Waals surface area contributed by atoms with Crippen molar-refractivity contribution in [2.24, 2.45) is 4.99 Å². The van der Waals surface area contributed by atoms with E-state index in [0.29, 0.717) is 6.54 Å². The molecule has 7 heteroatoms. The monoisotopic (exact) mass is 509 g/mol. The number of nitrogens with one attached hydrogen (secondary N) is 2. The predicted octanol–water partition coefficient (Wildman–Crippen LogP) is 3.52. The Morgan fingerprint density at radius 2 is 1.93 bits per heavy atom. The molecular formula is C22H32IN5O. The Bertz CT molecular complexity index is 792. The molecule has 1 atom stereocenters. The molecule has 1 aliphatic heterocycles. The summed E-state index contributed by atoms with van der Waals surface area (Å²) in [4.78, 5) is 11.5. The molecule has 0 saturated carbocycles. The van der Waals surface area contributed by atoms with Crippen LogP contribution in [0, 0.1) is 6.92 Å². The van der Waals surface area contributed by atoms with E-state index >= 15 is 0 Å². The molecule has 0 bridgehead atoms. The van der Waals surface area contributed by atoms with Gasteiger partial charge in [-0.25, -0.2) is 0 Å². The normalized spacial score (nSPS) is 15.5. The van der Waals surface area contributed by atoms with Gasteiger partial charge in [0.05, 0.1) is 25.4 Å². The Balaban J connectivity index is 0.00000300. The second-order valence-electron chi connectivity index (χ2n) is 7.11. The molecule has 1 aromatic heterocycles. The highest BCUT2D eigenvalue weighted by atomic mass is 127. The number of aliphatic imine (C=N–C) groups is 1. The average molecular weight is 509 g/mol. The number of likely N-dealkylation sites (tertiary alicyclic amines) is 1. The fourth-order valence-corrected chi connectivity index (χ4v) is 3.65. The minimum absolute atomic E-state index is 0. The summed E-state index contributed by atoms with van der Waals surface area (Å²) in [7, 11) is 3.52. The van der Waals surface area contributed by atoms with Crippen molar-refractivity contribution in [1.82, 2.24) is 20.5 Å². The summed E-state index contributed by atoms with van der Waals surface area (Å²) in [5.74, 6) is 1.69. The Kier molecular flexibility index (Phi) is 9.66. The van der Waals surface area contributed by atoms with E-state index in [9.17, 15) is 0 Å². The first-order valence-electron chi connectivity index (χ1n) is 9.94. The molecule has 3 rings (SSSR count). The Hall–Kier alpha value is -1.87. The number of guanidine groups is 1. The molecule has 2 aromatic rings. The van der Waals surface area contributed by atoms with Crippen LogP contribution in [-0.4, -0.2) is 49.6 Å². The lowest BCUT2D eigenvalue weighted by atomic mass is 10.1. The lowest BCUT2D eigenvalue weighted by molar-refractivity contribution is 0.245. The standard InChI is InChI=1S/C22H31N5O.HI/c1-17-8-6-10-19(26-17)15-24-22(23-2)25-16-21(27-12-4-5-13-27)18-9-7-11-20(14-18)28-3;/h6-11,14,21H,4-5,12-13,15-16H2,1-3H3,(H2,23,24,25);1H. The Labute approximate surface area is 191 Å². The number of methoxy groups -OCH3 is 1. The molecule has 1 saturated heterocycles. The van der Waals surface area contributed by atoms with E-state index in [4.69, 9.17) is 4.74 Å². The van der Waals surface area contributed by atoms with Gasteiger partial charge >= 0.3 is 0 Å². The van der Waals surface area contributed by atoms with E-state index < -0.39 is 0 Å². The minimum Gasteiger partial charge on any atom is -0.497 e. The molecule has 0 aliphatic carbocycles. The number of halogens is 1. The summed E-state index contributed by atoms with van der Waals surface area (Å²) in [6.07, 6.45) is 2.51. The van der Waals surface area contributed by atoms with Crippen LogP contribution in [0.4, 0.5) is 0 Å². The van der Waals surface area contributed by atoms with Crippen LogP contribution in [0.15, 0.2) is 47.5 Å². The molecule has 1 aromatic carbocycles. The van der Waals surface area contributed by atoms with E-state index in [1.54, 1.807) is 14.2 Å². The first-order chi connectivity index (χ1) is 13.7. The molecule has 1 aliphatic rings. The van der Waals surface area contributed by atoms with Gasteiger partial charge in [0.15, 0.2) is 5.96 Å². The van der Waals surface area contributed by atoms with Crippen LogP contribution in [-0.2, 0) is 6.54 Å². The molecule has 2 N–H and O–H groups in total. The summed E-state index contributed by atoms with van der Waals surface area (Å²) in [6.45, 7) is 5.69. The summed E-state index contributed by atoms with van der Waals surface area (Å²) in [5, 5.41) is 6.86. The largest absolute Gasteiger partial charge is 0.497 e. The minimum atomic E-state index is 0. The zero-order chi connectivity index (χ0) is 19.8.